The molecular weight excluding hydrogens is 240 g/mol. The fourth-order valence-electron chi connectivity index (χ4n) is 2.98. The summed E-state index contributed by atoms with van der Waals surface area (Å²) in [6, 6.07) is 20.1. The van der Waals surface area contributed by atoms with Crippen LogP contribution in [0.2, 0.25) is 0 Å². The molecule has 20 heavy (non-hydrogen) atoms. The smallest absolute Gasteiger partial charge is 0.0280 e. The Labute approximate surface area is 122 Å². The highest BCUT2D eigenvalue weighted by Gasteiger charge is 2.06. The Morgan fingerprint density at radius 1 is 0.700 bits per heavy atom. The first-order valence-corrected chi connectivity index (χ1v) is 6.80. The minimum absolute atomic E-state index is 0.453. The second-order valence-electron chi connectivity index (χ2n) is 5.36. The first-order chi connectivity index (χ1) is 10.9. The van der Waals surface area contributed by atoms with Gasteiger partial charge in [0, 0.05) is 4.11 Å². The van der Waals surface area contributed by atoms with Crippen LogP contribution in [0.25, 0.3) is 32.3 Å². The van der Waals surface area contributed by atoms with E-state index in [-0.39, 0.29) is 0 Å². The predicted molar refractivity (Wildman–Crippen MR) is 88.4 cm³/mol. The van der Waals surface area contributed by atoms with Gasteiger partial charge in [0.05, 0.1) is 0 Å². The lowest BCUT2D eigenvalue weighted by Crippen LogP contribution is -1.85. The Kier molecular flexibility index (Phi) is 1.78. The fourth-order valence-corrected chi connectivity index (χ4v) is 2.98. The van der Waals surface area contributed by atoms with Crippen molar-refractivity contribution in [3.05, 3.63) is 71.8 Å². The van der Waals surface area contributed by atoms with Gasteiger partial charge in [0.25, 0.3) is 0 Å². The summed E-state index contributed by atoms with van der Waals surface area (Å²) >= 11 is 0. The van der Waals surface area contributed by atoms with Crippen LogP contribution < -0.4 is 0 Å². The molecular formula is C20H16. The second kappa shape index (κ2) is 4.08. The first-order valence-electron chi connectivity index (χ1n) is 8.30. The molecule has 0 atom stereocenters. The average molecular weight is 259 g/mol. The van der Waals surface area contributed by atoms with Gasteiger partial charge < -0.3 is 0 Å². The van der Waals surface area contributed by atoms with Gasteiger partial charge >= 0.3 is 0 Å². The van der Waals surface area contributed by atoms with Crippen LogP contribution in [0.1, 0.15) is 15.2 Å². The molecule has 0 aromatic heterocycles. The molecule has 0 aliphatic rings. The van der Waals surface area contributed by atoms with E-state index in [0.717, 1.165) is 32.3 Å². The van der Waals surface area contributed by atoms with Gasteiger partial charge in [-0.05, 0) is 57.7 Å². The minimum Gasteiger partial charge on any atom is -0.0616 e. The van der Waals surface area contributed by atoms with Crippen LogP contribution in [-0.4, -0.2) is 0 Å². The molecule has 4 aromatic carbocycles. The zero-order valence-electron chi connectivity index (χ0n) is 14.3. The van der Waals surface area contributed by atoms with Crippen molar-refractivity contribution in [2.45, 2.75) is 13.8 Å². The molecule has 0 N–H and O–H groups in total. The Morgan fingerprint density at radius 2 is 1.55 bits per heavy atom. The summed E-state index contributed by atoms with van der Waals surface area (Å²) in [7, 11) is 0. The number of hydrogen-bond acceptors (Lipinski definition) is 0. The maximum Gasteiger partial charge on any atom is 0.0280 e. The Balaban J connectivity index is 2.31. The van der Waals surface area contributed by atoms with Crippen molar-refractivity contribution in [1.29, 1.82) is 0 Å². The lowest BCUT2D eigenvalue weighted by Gasteiger charge is -2.11. The van der Waals surface area contributed by atoms with Crippen LogP contribution in [0.3, 0.4) is 0 Å². The molecule has 0 heterocycles. The molecule has 0 saturated heterocycles. The zero-order chi connectivity index (χ0) is 16.2. The molecule has 0 radical (unpaired) electrons. The van der Waals surface area contributed by atoms with Crippen molar-refractivity contribution in [3.63, 3.8) is 0 Å². The topological polar surface area (TPSA) is 0 Å². The van der Waals surface area contributed by atoms with Crippen molar-refractivity contribution in [3.8, 4) is 0 Å². The molecule has 96 valence electrons. The highest BCUT2D eigenvalue weighted by molar-refractivity contribution is 6.14. The van der Waals surface area contributed by atoms with E-state index >= 15 is 0 Å². The van der Waals surface area contributed by atoms with Gasteiger partial charge in [-0.2, -0.15) is 0 Å². The molecule has 0 fully saturated rings. The summed E-state index contributed by atoms with van der Waals surface area (Å²) < 4.78 is 24.1. The van der Waals surface area contributed by atoms with E-state index < -0.39 is 6.85 Å². The van der Waals surface area contributed by atoms with Crippen molar-refractivity contribution in [2.75, 3.05) is 0 Å². The van der Waals surface area contributed by atoms with Gasteiger partial charge in [-0.25, -0.2) is 0 Å². The van der Waals surface area contributed by atoms with Crippen molar-refractivity contribution in [2.24, 2.45) is 0 Å². The molecule has 0 bridgehead atoms. The lowest BCUT2D eigenvalue weighted by molar-refractivity contribution is 1.51. The van der Waals surface area contributed by atoms with E-state index in [1.54, 1.807) is 0 Å². The third kappa shape index (κ3) is 1.55. The van der Waals surface area contributed by atoms with Crippen LogP contribution >= 0.6 is 0 Å². The minimum atomic E-state index is -2.14. The van der Waals surface area contributed by atoms with Gasteiger partial charge in [0.15, 0.2) is 0 Å². The maximum absolute atomic E-state index is 8.02. The number of aryl methyl sites for hydroxylation is 2. The molecule has 4 aromatic rings. The van der Waals surface area contributed by atoms with Crippen LogP contribution in [-0.2, 0) is 0 Å². The van der Waals surface area contributed by atoms with E-state index in [1.807, 2.05) is 36.4 Å². The van der Waals surface area contributed by atoms with Crippen LogP contribution in [0.5, 0.6) is 0 Å². The summed E-state index contributed by atoms with van der Waals surface area (Å²) in [5.74, 6) is 0. The van der Waals surface area contributed by atoms with Gasteiger partial charge in [0.1, 0.15) is 0 Å². The lowest BCUT2D eigenvalue weighted by atomic mass is 9.93. The number of hydrogen-bond donors (Lipinski definition) is 0. The zero-order valence-corrected chi connectivity index (χ0v) is 11.3. The number of fused-ring (bicyclic) bond motifs is 4. The van der Waals surface area contributed by atoms with Crippen molar-refractivity contribution in [1.82, 2.24) is 0 Å². The van der Waals surface area contributed by atoms with E-state index in [0.29, 0.717) is 5.56 Å². The average Bonchev–Trinajstić information content (AvgIpc) is 2.51. The van der Waals surface area contributed by atoms with Crippen LogP contribution in [0.4, 0.5) is 0 Å². The summed E-state index contributed by atoms with van der Waals surface area (Å²) in [4.78, 5) is 0. The largest absolute Gasteiger partial charge is 0.0616 e. The fraction of sp³-hybridized carbons (Fsp3) is 0.100. The summed E-state index contributed by atoms with van der Waals surface area (Å²) in [5.41, 5.74) is 1.63. The number of benzene rings is 4. The van der Waals surface area contributed by atoms with E-state index in [9.17, 15) is 0 Å². The summed E-state index contributed by atoms with van der Waals surface area (Å²) in [6.45, 7) is -0.0827. The predicted octanol–water partition coefficient (Wildman–Crippen LogP) is 5.76. The molecule has 0 unspecified atom stereocenters. The van der Waals surface area contributed by atoms with E-state index in [2.05, 4.69) is 31.2 Å². The quantitative estimate of drug-likeness (QED) is 0.278. The first kappa shape index (κ1) is 8.76. The van der Waals surface area contributed by atoms with Gasteiger partial charge in [0.2, 0.25) is 0 Å². The van der Waals surface area contributed by atoms with Crippen LogP contribution in [0, 0.1) is 13.8 Å². The Hall–Kier alpha value is -2.34. The normalized spacial score (nSPS) is 14.3. The van der Waals surface area contributed by atoms with E-state index in [1.165, 1.54) is 5.56 Å². The third-order valence-electron chi connectivity index (χ3n) is 4.02. The van der Waals surface area contributed by atoms with Crippen molar-refractivity contribution >= 4 is 32.3 Å². The maximum atomic E-state index is 8.02. The third-order valence-corrected chi connectivity index (χ3v) is 4.02. The van der Waals surface area contributed by atoms with Crippen LogP contribution in [0.15, 0.2) is 60.7 Å². The standard InChI is InChI=1S/C20H16/c1-13-7-8-15-9-10-18-14(2)17-6-4-3-5-16(17)12-20(18)19(15)11-13/h3-12H,1-2H3/i2D3. The molecule has 0 heteroatoms. The monoisotopic (exact) mass is 259 g/mol. The summed E-state index contributed by atoms with van der Waals surface area (Å²) in [6.07, 6.45) is 0. The SMILES string of the molecule is [2H]C([2H])([2H])c1c2ccccc2cc2c1ccc1ccc(C)cc12. The molecule has 0 amide bonds. The van der Waals surface area contributed by atoms with Gasteiger partial charge in [-0.15, -0.1) is 0 Å². The Bertz CT molecular complexity index is 1060. The molecule has 0 nitrogen and oxygen atoms in total. The van der Waals surface area contributed by atoms with Crippen molar-refractivity contribution < 1.29 is 4.11 Å². The highest BCUT2D eigenvalue weighted by Crippen LogP contribution is 2.33. The molecule has 4 rings (SSSR count). The molecule has 0 saturated carbocycles. The molecule has 0 aliphatic heterocycles. The number of rotatable bonds is 0. The van der Waals surface area contributed by atoms with Gasteiger partial charge in [-0.1, -0.05) is 60.2 Å². The molecule has 0 spiro atoms. The van der Waals surface area contributed by atoms with Gasteiger partial charge in [-0.3, -0.25) is 0 Å². The molecule has 0 aliphatic carbocycles. The summed E-state index contributed by atoms with van der Waals surface area (Å²) in [5, 5.41) is 5.86. The van der Waals surface area contributed by atoms with E-state index in [4.69, 9.17) is 4.11 Å². The highest BCUT2D eigenvalue weighted by atomic mass is 14.1. The second-order valence-corrected chi connectivity index (χ2v) is 5.36. The Morgan fingerprint density at radius 3 is 2.45 bits per heavy atom.